The molecule has 4 rings (SSSR count). The van der Waals surface area contributed by atoms with Gasteiger partial charge in [-0.05, 0) is 67.6 Å². The lowest BCUT2D eigenvalue weighted by molar-refractivity contribution is 0.0998. The number of carbonyl (C=O) groups is 2. The Bertz CT molecular complexity index is 1320. The minimum Gasteiger partial charge on any atom is -0.490 e. The molecule has 0 heterocycles. The van der Waals surface area contributed by atoms with Crippen LogP contribution in [0.2, 0.25) is 0 Å². The van der Waals surface area contributed by atoms with Gasteiger partial charge in [-0.1, -0.05) is 42.5 Å². The fourth-order valence-corrected chi connectivity index (χ4v) is 3.64. The van der Waals surface area contributed by atoms with Crippen LogP contribution in [0.1, 0.15) is 27.6 Å². The van der Waals surface area contributed by atoms with E-state index in [2.05, 4.69) is 16.0 Å². The Morgan fingerprint density at radius 3 is 1.97 bits per heavy atom. The maximum atomic E-state index is 13.1. The summed E-state index contributed by atoms with van der Waals surface area (Å²) in [7, 11) is 0. The number of benzene rings is 4. The average molecular weight is 496 g/mol. The van der Waals surface area contributed by atoms with E-state index in [1.54, 1.807) is 48.5 Å². The summed E-state index contributed by atoms with van der Waals surface area (Å²) in [5, 5.41) is 9.06. The molecule has 0 aliphatic rings. The van der Waals surface area contributed by atoms with Gasteiger partial charge in [-0.15, -0.1) is 0 Å². The second-order valence-corrected chi connectivity index (χ2v) is 8.06. The highest BCUT2D eigenvalue weighted by molar-refractivity contribution is 6.13. The van der Waals surface area contributed by atoms with Crippen LogP contribution < -0.4 is 20.7 Å². The van der Waals surface area contributed by atoms with Gasteiger partial charge in [-0.25, -0.2) is 0 Å². The minimum atomic E-state index is -0.372. The highest BCUT2D eigenvalue weighted by Crippen LogP contribution is 2.23. The van der Waals surface area contributed by atoms with E-state index in [9.17, 15) is 9.59 Å². The van der Waals surface area contributed by atoms with Crippen molar-refractivity contribution in [2.75, 3.05) is 35.8 Å². The molecule has 4 aromatic rings. The molecule has 0 saturated heterocycles. The first-order valence-electron chi connectivity index (χ1n) is 12.1. The van der Waals surface area contributed by atoms with E-state index < -0.39 is 0 Å². The van der Waals surface area contributed by atoms with Gasteiger partial charge >= 0.3 is 0 Å². The molecule has 0 unspecified atom stereocenters. The monoisotopic (exact) mass is 495 g/mol. The minimum absolute atomic E-state index is 0.330. The summed E-state index contributed by atoms with van der Waals surface area (Å²) in [6.45, 7) is 3.27. The standard InChI is InChI=1S/C30H29N3O4/c1-2-36-20-21-37-28-15-9-7-13-26(28)30(35)33-27-14-8-6-12-25(27)29(34)32-24-18-16-23(17-19-24)31-22-10-4-3-5-11-22/h3-19,31H,2,20-21H2,1H3,(H,32,34)(H,33,35). The maximum Gasteiger partial charge on any atom is 0.259 e. The second kappa shape index (κ2) is 12.9. The van der Waals surface area contributed by atoms with Crippen LogP contribution in [-0.2, 0) is 4.74 Å². The lowest BCUT2D eigenvalue weighted by atomic mass is 10.1. The van der Waals surface area contributed by atoms with Crippen LogP contribution in [0.3, 0.4) is 0 Å². The van der Waals surface area contributed by atoms with Crippen LogP contribution in [0.5, 0.6) is 5.75 Å². The number of amides is 2. The van der Waals surface area contributed by atoms with E-state index in [0.717, 1.165) is 11.4 Å². The number of hydrogen-bond donors (Lipinski definition) is 3. The molecule has 0 saturated carbocycles. The number of rotatable bonds is 11. The molecule has 3 N–H and O–H groups in total. The lowest BCUT2D eigenvalue weighted by Crippen LogP contribution is -2.19. The molecule has 7 heteroatoms. The van der Waals surface area contributed by atoms with Gasteiger partial charge in [0.2, 0.25) is 0 Å². The molecule has 0 aliphatic heterocycles. The summed E-state index contributed by atoms with van der Waals surface area (Å²) >= 11 is 0. The summed E-state index contributed by atoms with van der Waals surface area (Å²) in [6.07, 6.45) is 0. The third kappa shape index (κ3) is 7.19. The highest BCUT2D eigenvalue weighted by Gasteiger charge is 2.17. The molecule has 0 atom stereocenters. The number of anilines is 4. The van der Waals surface area contributed by atoms with Crippen molar-refractivity contribution in [2.24, 2.45) is 0 Å². The zero-order valence-corrected chi connectivity index (χ0v) is 20.6. The molecule has 188 valence electrons. The van der Waals surface area contributed by atoms with Gasteiger partial charge in [0, 0.05) is 23.7 Å². The Morgan fingerprint density at radius 1 is 0.622 bits per heavy atom. The van der Waals surface area contributed by atoms with Crippen LogP contribution in [0.15, 0.2) is 103 Å². The third-order valence-corrected chi connectivity index (χ3v) is 5.45. The molecule has 2 amide bonds. The first kappa shape index (κ1) is 25.5. The second-order valence-electron chi connectivity index (χ2n) is 8.06. The Labute approximate surface area is 216 Å². The van der Waals surface area contributed by atoms with Crippen molar-refractivity contribution < 1.29 is 19.1 Å². The average Bonchev–Trinajstić information content (AvgIpc) is 2.93. The van der Waals surface area contributed by atoms with Crippen LogP contribution in [0.25, 0.3) is 0 Å². The molecule has 0 aromatic heterocycles. The van der Waals surface area contributed by atoms with E-state index in [-0.39, 0.29) is 11.8 Å². The quantitative estimate of drug-likeness (QED) is 0.211. The summed E-state index contributed by atoms with van der Waals surface area (Å²) in [5.74, 6) is -0.254. The van der Waals surface area contributed by atoms with E-state index in [4.69, 9.17) is 9.47 Å². The molecule has 0 spiro atoms. The van der Waals surface area contributed by atoms with Crippen LogP contribution in [-0.4, -0.2) is 31.6 Å². The van der Waals surface area contributed by atoms with E-state index in [0.29, 0.717) is 48.1 Å². The van der Waals surface area contributed by atoms with E-state index in [1.807, 2.05) is 61.5 Å². The van der Waals surface area contributed by atoms with E-state index >= 15 is 0 Å². The van der Waals surface area contributed by atoms with Crippen LogP contribution in [0.4, 0.5) is 22.7 Å². The smallest absolute Gasteiger partial charge is 0.259 e. The summed E-state index contributed by atoms with van der Waals surface area (Å²) < 4.78 is 11.0. The first-order valence-corrected chi connectivity index (χ1v) is 12.1. The Kier molecular flexibility index (Phi) is 8.88. The summed E-state index contributed by atoms with van der Waals surface area (Å²) in [5.41, 5.74) is 3.63. The highest BCUT2D eigenvalue weighted by atomic mass is 16.5. The predicted octanol–water partition coefficient (Wildman–Crippen LogP) is 6.35. The largest absolute Gasteiger partial charge is 0.490 e. The van der Waals surface area contributed by atoms with Gasteiger partial charge in [0.05, 0.1) is 23.4 Å². The van der Waals surface area contributed by atoms with Gasteiger partial charge in [0.15, 0.2) is 0 Å². The topological polar surface area (TPSA) is 88.7 Å². The predicted molar refractivity (Wildman–Crippen MR) is 147 cm³/mol. The van der Waals surface area contributed by atoms with Crippen molar-refractivity contribution in [2.45, 2.75) is 6.92 Å². The molecular weight excluding hydrogens is 466 g/mol. The van der Waals surface area contributed by atoms with Gasteiger partial charge in [-0.3, -0.25) is 9.59 Å². The zero-order chi connectivity index (χ0) is 25.9. The van der Waals surface area contributed by atoms with Crippen molar-refractivity contribution in [1.82, 2.24) is 0 Å². The Hall–Kier alpha value is -4.62. The Balaban J connectivity index is 1.42. The summed E-state index contributed by atoms with van der Waals surface area (Å²) in [4.78, 5) is 26.2. The fraction of sp³-hybridized carbons (Fsp3) is 0.133. The SMILES string of the molecule is CCOCCOc1ccccc1C(=O)Nc1ccccc1C(=O)Nc1ccc(Nc2ccccc2)cc1. The molecule has 37 heavy (non-hydrogen) atoms. The number of para-hydroxylation sites is 3. The molecule has 0 aliphatic carbocycles. The normalized spacial score (nSPS) is 10.4. The first-order chi connectivity index (χ1) is 18.1. The summed E-state index contributed by atoms with van der Waals surface area (Å²) in [6, 6.07) is 31.1. The maximum absolute atomic E-state index is 13.1. The number of carbonyl (C=O) groups excluding carboxylic acids is 2. The Morgan fingerprint density at radius 2 is 1.22 bits per heavy atom. The van der Waals surface area contributed by atoms with Crippen molar-refractivity contribution in [3.63, 3.8) is 0 Å². The molecule has 0 fully saturated rings. The van der Waals surface area contributed by atoms with Crippen molar-refractivity contribution >= 4 is 34.6 Å². The van der Waals surface area contributed by atoms with Crippen LogP contribution in [0, 0.1) is 0 Å². The van der Waals surface area contributed by atoms with Gasteiger partial charge in [0.1, 0.15) is 12.4 Å². The molecule has 0 radical (unpaired) electrons. The third-order valence-electron chi connectivity index (χ3n) is 5.45. The molecule has 7 nitrogen and oxygen atoms in total. The van der Waals surface area contributed by atoms with Crippen molar-refractivity contribution in [3.05, 3.63) is 114 Å². The van der Waals surface area contributed by atoms with E-state index in [1.165, 1.54) is 0 Å². The zero-order valence-electron chi connectivity index (χ0n) is 20.6. The van der Waals surface area contributed by atoms with Crippen LogP contribution >= 0.6 is 0 Å². The van der Waals surface area contributed by atoms with Gasteiger partial charge < -0.3 is 25.4 Å². The number of ether oxygens (including phenoxy) is 2. The number of nitrogens with one attached hydrogen (secondary N) is 3. The van der Waals surface area contributed by atoms with Gasteiger partial charge in [0.25, 0.3) is 11.8 Å². The molecule has 0 bridgehead atoms. The van der Waals surface area contributed by atoms with Crippen molar-refractivity contribution in [1.29, 1.82) is 0 Å². The molecular formula is C30H29N3O4. The number of hydrogen-bond acceptors (Lipinski definition) is 5. The van der Waals surface area contributed by atoms with Gasteiger partial charge in [-0.2, -0.15) is 0 Å². The molecule has 4 aromatic carbocycles. The lowest BCUT2D eigenvalue weighted by Gasteiger charge is -2.14. The fourth-order valence-electron chi connectivity index (χ4n) is 3.64. The van der Waals surface area contributed by atoms with Crippen molar-refractivity contribution in [3.8, 4) is 5.75 Å².